The molecule has 0 saturated carbocycles. The minimum absolute atomic E-state index is 0.676. The molecular formula is C9H10N2O. The minimum Gasteiger partial charge on any atom is -0.441 e. The van der Waals surface area contributed by atoms with Crippen LogP contribution in [0.4, 0.5) is 5.69 Å². The molecule has 0 unspecified atom stereocenters. The van der Waals surface area contributed by atoms with Crippen molar-refractivity contribution < 1.29 is 4.42 Å². The number of oxazole rings is 1. The summed E-state index contributed by atoms with van der Waals surface area (Å²) in [6, 6.07) is 3.74. The number of hydrogen-bond donors (Lipinski definition) is 1. The molecule has 1 aromatic heterocycles. The van der Waals surface area contributed by atoms with Crippen molar-refractivity contribution in [2.24, 2.45) is 0 Å². The summed E-state index contributed by atoms with van der Waals surface area (Å²) in [6.07, 6.45) is 0. The Labute approximate surface area is 70.2 Å². The number of aryl methyl sites for hydroxylation is 2. The Morgan fingerprint density at radius 3 is 2.83 bits per heavy atom. The quantitative estimate of drug-likeness (QED) is 0.603. The second-order valence-electron chi connectivity index (χ2n) is 2.91. The molecule has 1 heterocycles. The van der Waals surface area contributed by atoms with E-state index in [2.05, 4.69) is 4.98 Å². The number of hydrogen-bond acceptors (Lipinski definition) is 3. The molecule has 0 amide bonds. The lowest BCUT2D eigenvalue weighted by Crippen LogP contribution is -1.88. The lowest BCUT2D eigenvalue weighted by atomic mass is 10.2. The summed E-state index contributed by atoms with van der Waals surface area (Å²) >= 11 is 0. The van der Waals surface area contributed by atoms with Gasteiger partial charge in [-0.1, -0.05) is 0 Å². The second kappa shape index (κ2) is 2.24. The lowest BCUT2D eigenvalue weighted by Gasteiger charge is -1.96. The third-order valence-electron chi connectivity index (χ3n) is 1.88. The van der Waals surface area contributed by atoms with Crippen LogP contribution in [0.25, 0.3) is 11.1 Å². The second-order valence-corrected chi connectivity index (χ2v) is 2.91. The summed E-state index contributed by atoms with van der Waals surface area (Å²) in [5, 5.41) is 0. The van der Waals surface area contributed by atoms with Crippen molar-refractivity contribution in [2.45, 2.75) is 13.8 Å². The fraction of sp³-hybridized carbons (Fsp3) is 0.222. The highest BCUT2D eigenvalue weighted by molar-refractivity contribution is 5.78. The van der Waals surface area contributed by atoms with Crippen LogP contribution in [0.5, 0.6) is 0 Å². The molecule has 12 heavy (non-hydrogen) atoms. The molecule has 62 valence electrons. The molecule has 0 radical (unpaired) electrons. The third-order valence-corrected chi connectivity index (χ3v) is 1.88. The van der Waals surface area contributed by atoms with Crippen molar-refractivity contribution in [3.8, 4) is 0 Å². The molecular weight excluding hydrogens is 152 g/mol. The van der Waals surface area contributed by atoms with Gasteiger partial charge in [0.25, 0.3) is 0 Å². The first-order chi connectivity index (χ1) is 5.66. The first kappa shape index (κ1) is 7.16. The Morgan fingerprint density at radius 2 is 2.08 bits per heavy atom. The normalized spacial score (nSPS) is 10.8. The maximum Gasteiger partial charge on any atom is 0.192 e. The average Bonchev–Trinajstić information content (AvgIpc) is 2.30. The fourth-order valence-electron chi connectivity index (χ4n) is 1.21. The van der Waals surface area contributed by atoms with Crippen LogP contribution >= 0.6 is 0 Å². The third kappa shape index (κ3) is 0.942. The molecule has 3 heteroatoms. The van der Waals surface area contributed by atoms with E-state index in [4.69, 9.17) is 10.2 Å². The van der Waals surface area contributed by atoms with Gasteiger partial charge in [0.05, 0.1) is 0 Å². The summed E-state index contributed by atoms with van der Waals surface area (Å²) in [5.74, 6) is 0.676. The number of aromatic nitrogens is 1. The number of nitrogens with two attached hydrogens (primary N) is 1. The Morgan fingerprint density at radius 1 is 1.33 bits per heavy atom. The van der Waals surface area contributed by atoms with Gasteiger partial charge in [-0.2, -0.15) is 0 Å². The van der Waals surface area contributed by atoms with Crippen LogP contribution in [0.15, 0.2) is 16.5 Å². The van der Waals surface area contributed by atoms with Crippen LogP contribution in [0.2, 0.25) is 0 Å². The van der Waals surface area contributed by atoms with E-state index in [1.807, 2.05) is 26.0 Å². The van der Waals surface area contributed by atoms with Crippen LogP contribution in [0.3, 0.4) is 0 Å². The smallest absolute Gasteiger partial charge is 0.192 e. The van der Waals surface area contributed by atoms with Crippen LogP contribution in [0, 0.1) is 13.8 Å². The fourth-order valence-corrected chi connectivity index (χ4v) is 1.21. The molecule has 1 aromatic carbocycles. The maximum atomic E-state index is 5.71. The van der Waals surface area contributed by atoms with Crippen LogP contribution < -0.4 is 5.73 Å². The van der Waals surface area contributed by atoms with Crippen molar-refractivity contribution in [3.05, 3.63) is 23.6 Å². The Kier molecular flexibility index (Phi) is 1.33. The number of benzene rings is 1. The SMILES string of the molecule is Cc1nc2cc(N)c(C)cc2o1. The lowest BCUT2D eigenvalue weighted by molar-refractivity contribution is 0.561. The number of nitrogen functional groups attached to an aromatic ring is 1. The van der Waals surface area contributed by atoms with Gasteiger partial charge in [-0.05, 0) is 24.6 Å². The first-order valence-corrected chi connectivity index (χ1v) is 3.80. The van der Waals surface area contributed by atoms with Gasteiger partial charge in [0.1, 0.15) is 5.52 Å². The molecule has 0 aliphatic rings. The van der Waals surface area contributed by atoms with E-state index in [1.54, 1.807) is 0 Å². The standard InChI is InChI=1S/C9H10N2O/c1-5-3-9-8(4-7(5)10)11-6(2)12-9/h3-4H,10H2,1-2H3. The molecule has 2 aromatic rings. The van der Waals surface area contributed by atoms with Crippen LogP contribution in [-0.2, 0) is 0 Å². The zero-order valence-electron chi connectivity index (χ0n) is 7.09. The van der Waals surface area contributed by atoms with Gasteiger partial charge in [-0.25, -0.2) is 4.98 Å². The topological polar surface area (TPSA) is 52.0 Å². The molecule has 0 aliphatic carbocycles. The van der Waals surface area contributed by atoms with E-state index in [0.717, 1.165) is 22.4 Å². The van der Waals surface area contributed by atoms with E-state index in [1.165, 1.54) is 0 Å². The van der Waals surface area contributed by atoms with Gasteiger partial charge in [-0.15, -0.1) is 0 Å². The Hall–Kier alpha value is -1.51. The maximum absolute atomic E-state index is 5.71. The van der Waals surface area contributed by atoms with Crippen LogP contribution in [0.1, 0.15) is 11.5 Å². The van der Waals surface area contributed by atoms with Gasteiger partial charge < -0.3 is 10.2 Å². The largest absolute Gasteiger partial charge is 0.441 e. The summed E-state index contributed by atoms with van der Waals surface area (Å²) in [6.45, 7) is 3.78. The highest BCUT2D eigenvalue weighted by Crippen LogP contribution is 2.21. The van der Waals surface area contributed by atoms with E-state index in [-0.39, 0.29) is 0 Å². The molecule has 0 fully saturated rings. The van der Waals surface area contributed by atoms with Gasteiger partial charge in [0.2, 0.25) is 0 Å². The summed E-state index contributed by atoms with van der Waals surface area (Å²) in [5.41, 5.74) is 9.13. The van der Waals surface area contributed by atoms with Gasteiger partial charge in [-0.3, -0.25) is 0 Å². The zero-order valence-corrected chi connectivity index (χ0v) is 7.09. The summed E-state index contributed by atoms with van der Waals surface area (Å²) < 4.78 is 5.34. The van der Waals surface area contributed by atoms with Gasteiger partial charge in [0.15, 0.2) is 11.5 Å². The van der Waals surface area contributed by atoms with Crippen molar-refractivity contribution >= 4 is 16.8 Å². The molecule has 0 atom stereocenters. The molecule has 0 saturated heterocycles. The van der Waals surface area contributed by atoms with E-state index < -0.39 is 0 Å². The van der Waals surface area contributed by atoms with Crippen LogP contribution in [-0.4, -0.2) is 4.98 Å². The Balaban J connectivity index is 2.83. The molecule has 0 spiro atoms. The highest BCUT2D eigenvalue weighted by atomic mass is 16.3. The number of anilines is 1. The zero-order chi connectivity index (χ0) is 8.72. The summed E-state index contributed by atoms with van der Waals surface area (Å²) in [7, 11) is 0. The van der Waals surface area contributed by atoms with Crippen molar-refractivity contribution in [3.63, 3.8) is 0 Å². The number of nitrogens with zero attached hydrogens (tertiary/aromatic N) is 1. The number of rotatable bonds is 0. The molecule has 2 N–H and O–H groups in total. The molecule has 0 bridgehead atoms. The highest BCUT2D eigenvalue weighted by Gasteiger charge is 2.03. The first-order valence-electron chi connectivity index (χ1n) is 3.80. The van der Waals surface area contributed by atoms with E-state index in [0.29, 0.717) is 5.89 Å². The number of fused-ring (bicyclic) bond motifs is 1. The minimum atomic E-state index is 0.676. The van der Waals surface area contributed by atoms with Gasteiger partial charge in [0, 0.05) is 12.6 Å². The summed E-state index contributed by atoms with van der Waals surface area (Å²) in [4.78, 5) is 4.17. The predicted octanol–water partition coefficient (Wildman–Crippen LogP) is 2.03. The van der Waals surface area contributed by atoms with Crippen molar-refractivity contribution in [2.75, 3.05) is 5.73 Å². The van der Waals surface area contributed by atoms with Crippen molar-refractivity contribution in [1.82, 2.24) is 4.98 Å². The van der Waals surface area contributed by atoms with E-state index in [9.17, 15) is 0 Å². The molecule has 3 nitrogen and oxygen atoms in total. The average molecular weight is 162 g/mol. The molecule has 2 rings (SSSR count). The molecule has 0 aliphatic heterocycles. The predicted molar refractivity (Wildman–Crippen MR) is 47.9 cm³/mol. The monoisotopic (exact) mass is 162 g/mol. The Bertz CT molecular complexity index is 392. The van der Waals surface area contributed by atoms with E-state index >= 15 is 0 Å². The van der Waals surface area contributed by atoms with Gasteiger partial charge >= 0.3 is 0 Å². The van der Waals surface area contributed by atoms with Crippen molar-refractivity contribution in [1.29, 1.82) is 0 Å².